The predicted molar refractivity (Wildman–Crippen MR) is 63.3 cm³/mol. The van der Waals surface area contributed by atoms with Crippen LogP contribution < -0.4 is 0 Å². The zero-order chi connectivity index (χ0) is 12.5. The smallest absolute Gasteiger partial charge is 0.223 e. The molecule has 3 aromatic rings. The summed E-state index contributed by atoms with van der Waals surface area (Å²) in [5.74, 6) is 1.08. The lowest BCUT2D eigenvalue weighted by molar-refractivity contribution is 0.112. The van der Waals surface area contributed by atoms with E-state index in [9.17, 15) is 4.79 Å². The molecule has 90 valence electrons. The van der Waals surface area contributed by atoms with E-state index in [1.165, 1.54) is 0 Å². The molecule has 0 radical (unpaired) electrons. The van der Waals surface area contributed by atoms with Crippen LogP contribution in [0, 0.1) is 6.92 Å². The predicted octanol–water partition coefficient (Wildman–Crippen LogP) is 1.59. The number of carbonyl (C=O) groups excluding carboxylic acids is 1. The SMILES string of the molecule is Cc1nc(Cn2cc(C=O)c3cccnc32)no1. The number of aryl methyl sites for hydroxylation is 1. The van der Waals surface area contributed by atoms with E-state index >= 15 is 0 Å². The Hall–Kier alpha value is -2.50. The van der Waals surface area contributed by atoms with Crippen LogP contribution in [0.5, 0.6) is 0 Å². The first kappa shape index (κ1) is 10.6. The van der Waals surface area contributed by atoms with E-state index < -0.39 is 0 Å². The van der Waals surface area contributed by atoms with Crippen molar-refractivity contribution in [1.29, 1.82) is 0 Å². The van der Waals surface area contributed by atoms with E-state index in [1.54, 1.807) is 25.4 Å². The first-order valence-electron chi connectivity index (χ1n) is 5.46. The average Bonchev–Trinajstić information content (AvgIpc) is 2.95. The summed E-state index contributed by atoms with van der Waals surface area (Å²) in [5.41, 5.74) is 1.35. The molecule has 0 aliphatic carbocycles. The average molecular weight is 242 g/mol. The summed E-state index contributed by atoms with van der Waals surface area (Å²) in [4.78, 5) is 19.4. The highest BCUT2D eigenvalue weighted by Gasteiger charge is 2.11. The molecule has 0 aliphatic heterocycles. The minimum absolute atomic E-state index is 0.429. The van der Waals surface area contributed by atoms with Gasteiger partial charge in [0.1, 0.15) is 5.65 Å². The second-order valence-electron chi connectivity index (χ2n) is 3.93. The highest BCUT2D eigenvalue weighted by atomic mass is 16.5. The van der Waals surface area contributed by atoms with Crippen LogP contribution >= 0.6 is 0 Å². The molecule has 0 bridgehead atoms. The van der Waals surface area contributed by atoms with Crippen molar-refractivity contribution < 1.29 is 9.32 Å². The monoisotopic (exact) mass is 242 g/mol. The van der Waals surface area contributed by atoms with Crippen LogP contribution in [0.25, 0.3) is 11.0 Å². The van der Waals surface area contributed by atoms with Crippen molar-refractivity contribution in [3.05, 3.63) is 41.8 Å². The number of aromatic nitrogens is 4. The molecule has 6 heteroatoms. The molecule has 0 saturated heterocycles. The standard InChI is InChI=1S/C12H10N4O2/c1-8-14-11(15-18-8)6-16-5-9(7-17)10-3-2-4-13-12(10)16/h2-5,7H,6H2,1H3. The van der Waals surface area contributed by atoms with Crippen LogP contribution in [0.3, 0.4) is 0 Å². The molecular weight excluding hydrogens is 232 g/mol. The summed E-state index contributed by atoms with van der Waals surface area (Å²) >= 11 is 0. The van der Waals surface area contributed by atoms with Crippen molar-refractivity contribution in [3.8, 4) is 0 Å². The summed E-state index contributed by atoms with van der Waals surface area (Å²) in [6.07, 6.45) is 4.26. The molecule has 3 heterocycles. The van der Waals surface area contributed by atoms with Gasteiger partial charge in [-0.25, -0.2) is 4.98 Å². The fraction of sp³-hybridized carbons (Fsp3) is 0.167. The third kappa shape index (κ3) is 1.67. The van der Waals surface area contributed by atoms with Crippen molar-refractivity contribution in [2.24, 2.45) is 0 Å². The van der Waals surface area contributed by atoms with E-state index in [0.29, 0.717) is 23.8 Å². The Labute approximate surface area is 102 Å². The van der Waals surface area contributed by atoms with Gasteiger partial charge in [-0.3, -0.25) is 4.79 Å². The molecule has 0 amide bonds. The molecule has 0 unspecified atom stereocenters. The fourth-order valence-electron chi connectivity index (χ4n) is 1.92. The Morgan fingerprint density at radius 1 is 1.50 bits per heavy atom. The number of nitrogens with zero attached hydrogens (tertiary/aromatic N) is 4. The number of aldehydes is 1. The number of rotatable bonds is 3. The van der Waals surface area contributed by atoms with E-state index in [0.717, 1.165) is 17.3 Å². The van der Waals surface area contributed by atoms with Crippen LogP contribution in [-0.4, -0.2) is 26.0 Å². The van der Waals surface area contributed by atoms with Gasteiger partial charge in [0.25, 0.3) is 0 Å². The lowest BCUT2D eigenvalue weighted by atomic mass is 10.2. The molecule has 6 nitrogen and oxygen atoms in total. The second-order valence-corrected chi connectivity index (χ2v) is 3.93. The van der Waals surface area contributed by atoms with E-state index in [-0.39, 0.29) is 0 Å². The molecule has 3 aromatic heterocycles. The van der Waals surface area contributed by atoms with Crippen LogP contribution in [0.4, 0.5) is 0 Å². The molecule has 18 heavy (non-hydrogen) atoms. The maximum absolute atomic E-state index is 11.0. The van der Waals surface area contributed by atoms with Crippen LogP contribution in [0.1, 0.15) is 22.1 Å². The van der Waals surface area contributed by atoms with Gasteiger partial charge in [-0.2, -0.15) is 4.98 Å². The zero-order valence-electron chi connectivity index (χ0n) is 9.70. The lowest BCUT2D eigenvalue weighted by Gasteiger charge is -1.99. The molecule has 0 fully saturated rings. The van der Waals surface area contributed by atoms with Crippen molar-refractivity contribution in [2.75, 3.05) is 0 Å². The van der Waals surface area contributed by atoms with Gasteiger partial charge in [-0.1, -0.05) is 5.16 Å². The molecule has 0 N–H and O–H groups in total. The third-order valence-electron chi connectivity index (χ3n) is 2.67. The summed E-state index contributed by atoms with van der Waals surface area (Å²) in [6, 6.07) is 3.67. The van der Waals surface area contributed by atoms with Crippen molar-refractivity contribution >= 4 is 17.3 Å². The Bertz CT molecular complexity index is 714. The highest BCUT2D eigenvalue weighted by Crippen LogP contribution is 2.18. The van der Waals surface area contributed by atoms with Gasteiger partial charge >= 0.3 is 0 Å². The molecule has 0 atom stereocenters. The zero-order valence-corrected chi connectivity index (χ0v) is 9.70. The number of carbonyl (C=O) groups is 1. The number of fused-ring (bicyclic) bond motifs is 1. The van der Waals surface area contributed by atoms with Gasteiger partial charge in [0, 0.05) is 30.3 Å². The Morgan fingerprint density at radius 2 is 2.39 bits per heavy atom. The highest BCUT2D eigenvalue weighted by molar-refractivity contribution is 5.95. The molecular formula is C12H10N4O2. The normalized spacial score (nSPS) is 10.9. The van der Waals surface area contributed by atoms with E-state index in [1.807, 2.05) is 10.6 Å². The van der Waals surface area contributed by atoms with Gasteiger partial charge in [0.2, 0.25) is 5.89 Å². The fourth-order valence-corrected chi connectivity index (χ4v) is 1.92. The van der Waals surface area contributed by atoms with Crippen LogP contribution in [0.2, 0.25) is 0 Å². The number of pyridine rings is 1. The lowest BCUT2D eigenvalue weighted by Crippen LogP contribution is -2.00. The van der Waals surface area contributed by atoms with Crippen molar-refractivity contribution in [1.82, 2.24) is 19.7 Å². The first-order chi connectivity index (χ1) is 8.78. The van der Waals surface area contributed by atoms with Gasteiger partial charge in [0.15, 0.2) is 12.1 Å². The van der Waals surface area contributed by atoms with E-state index in [4.69, 9.17) is 4.52 Å². The summed E-state index contributed by atoms with van der Waals surface area (Å²) in [5, 5.41) is 4.66. The number of hydrogen-bond donors (Lipinski definition) is 0. The number of hydrogen-bond acceptors (Lipinski definition) is 5. The van der Waals surface area contributed by atoms with Gasteiger partial charge in [-0.15, -0.1) is 0 Å². The third-order valence-corrected chi connectivity index (χ3v) is 2.67. The topological polar surface area (TPSA) is 73.8 Å². The molecule has 3 rings (SSSR count). The molecule has 0 aliphatic rings. The minimum Gasteiger partial charge on any atom is -0.340 e. The first-order valence-corrected chi connectivity index (χ1v) is 5.46. The molecule has 0 saturated carbocycles. The quantitative estimate of drug-likeness (QED) is 0.652. The summed E-state index contributed by atoms with van der Waals surface area (Å²) in [6.45, 7) is 2.16. The largest absolute Gasteiger partial charge is 0.340 e. The Balaban J connectivity index is 2.09. The maximum atomic E-state index is 11.0. The summed E-state index contributed by atoms with van der Waals surface area (Å²) in [7, 11) is 0. The van der Waals surface area contributed by atoms with Crippen molar-refractivity contribution in [3.63, 3.8) is 0 Å². The van der Waals surface area contributed by atoms with Crippen LogP contribution in [0.15, 0.2) is 29.0 Å². The van der Waals surface area contributed by atoms with Crippen molar-refractivity contribution in [2.45, 2.75) is 13.5 Å². The van der Waals surface area contributed by atoms with Gasteiger partial charge < -0.3 is 9.09 Å². The summed E-state index contributed by atoms with van der Waals surface area (Å²) < 4.78 is 6.75. The van der Waals surface area contributed by atoms with Crippen LogP contribution in [-0.2, 0) is 6.54 Å². The maximum Gasteiger partial charge on any atom is 0.223 e. The molecule has 0 aromatic carbocycles. The van der Waals surface area contributed by atoms with Gasteiger partial charge in [0.05, 0.1) is 6.54 Å². The Morgan fingerprint density at radius 3 is 3.11 bits per heavy atom. The second kappa shape index (κ2) is 4.06. The minimum atomic E-state index is 0.429. The van der Waals surface area contributed by atoms with E-state index in [2.05, 4.69) is 15.1 Å². The Kier molecular flexibility index (Phi) is 2.40. The van der Waals surface area contributed by atoms with Gasteiger partial charge in [-0.05, 0) is 12.1 Å². The molecule has 0 spiro atoms.